The Morgan fingerprint density at radius 1 is 0.833 bits per heavy atom. The van der Waals surface area contributed by atoms with E-state index in [1.54, 1.807) is 0 Å². The van der Waals surface area contributed by atoms with Gasteiger partial charge in [0, 0.05) is 34.9 Å². The first-order valence-corrected chi connectivity index (χ1v) is 14.7. The lowest BCUT2D eigenvalue weighted by atomic mass is 9.78. The third-order valence-corrected chi connectivity index (χ3v) is 8.82. The third kappa shape index (κ3) is 4.61. The molecule has 2 aliphatic rings. The molecular formula is C39H34N3+. The van der Waals surface area contributed by atoms with Gasteiger partial charge in [-0.05, 0) is 60.7 Å². The second kappa shape index (κ2) is 10.8. The number of hydrogen-bond donors (Lipinski definition) is 0. The zero-order valence-corrected chi connectivity index (χ0v) is 24.0. The molecule has 204 valence electrons. The number of allylic oxidation sites excluding steroid dienone is 1. The average molecular weight is 545 g/mol. The third-order valence-electron chi connectivity index (χ3n) is 8.82. The Hall–Kier alpha value is -4.89. The summed E-state index contributed by atoms with van der Waals surface area (Å²) in [6.45, 7) is 11.0. The van der Waals surface area contributed by atoms with E-state index in [2.05, 4.69) is 121 Å². The lowest BCUT2D eigenvalue weighted by molar-refractivity contribution is -0.570. The highest BCUT2D eigenvalue weighted by molar-refractivity contribution is 6.10. The van der Waals surface area contributed by atoms with Gasteiger partial charge in [0.1, 0.15) is 0 Å². The largest absolute Gasteiger partial charge is 0.280 e. The number of rotatable bonds is 3. The van der Waals surface area contributed by atoms with Crippen LogP contribution in [0.15, 0.2) is 134 Å². The summed E-state index contributed by atoms with van der Waals surface area (Å²) in [4.78, 5) is 10.2. The number of nitrogens with zero attached hydrogens (tertiary/aromatic N) is 3. The van der Waals surface area contributed by atoms with E-state index in [0.29, 0.717) is 0 Å². The van der Waals surface area contributed by atoms with Crippen LogP contribution in [0.4, 0.5) is 0 Å². The highest BCUT2D eigenvalue weighted by atomic mass is 15.0. The molecule has 2 aliphatic heterocycles. The van der Waals surface area contributed by atoms with E-state index in [1.165, 1.54) is 38.9 Å². The fraction of sp³-hybridized carbons (Fsp3) is 0.154. The number of benzene rings is 3. The maximum absolute atomic E-state index is 5.28. The topological polar surface area (TPSA) is 29.1 Å². The number of aryl methyl sites for hydroxylation is 2. The van der Waals surface area contributed by atoms with Gasteiger partial charge in [0.05, 0.1) is 29.4 Å². The Kier molecular flexibility index (Phi) is 6.71. The molecule has 0 N–H and O–H groups in total. The minimum absolute atomic E-state index is 0.0836. The highest BCUT2D eigenvalue weighted by Crippen LogP contribution is 2.40. The monoisotopic (exact) mass is 544 g/mol. The van der Waals surface area contributed by atoms with E-state index in [1.807, 2.05) is 12.1 Å². The van der Waals surface area contributed by atoms with Crippen LogP contribution in [0.3, 0.4) is 0 Å². The van der Waals surface area contributed by atoms with E-state index >= 15 is 0 Å². The molecule has 7 rings (SSSR count). The molecule has 3 heteroatoms. The van der Waals surface area contributed by atoms with Crippen LogP contribution in [-0.4, -0.2) is 16.7 Å². The number of aromatic nitrogens is 2. The molecule has 0 saturated heterocycles. The molecule has 0 amide bonds. The summed E-state index contributed by atoms with van der Waals surface area (Å²) in [5.74, 6) is 0.282. The van der Waals surface area contributed by atoms with Gasteiger partial charge in [0.25, 0.3) is 0 Å². The van der Waals surface area contributed by atoms with Gasteiger partial charge in [-0.15, -0.1) is 0 Å². The van der Waals surface area contributed by atoms with Crippen LogP contribution in [0.2, 0.25) is 0 Å². The summed E-state index contributed by atoms with van der Waals surface area (Å²) in [7, 11) is 0. The molecule has 0 radical (unpaired) electrons. The van der Waals surface area contributed by atoms with Crippen LogP contribution < -0.4 is 4.57 Å². The van der Waals surface area contributed by atoms with Crippen LogP contribution in [0.5, 0.6) is 0 Å². The standard InChI is InChI=1S/C39H34N3/c1-4-36-32-18-12-11-17-31(32)33-20-19-30-24-40-37(29-15-9-6-10-16-29)23-34(30)39-21-26(2)35(28-13-7-5-8-14-28)25-42(39)27(3)22-38(33)41-36/h4-18,21,23-25,33,38H,1,3,19-20,22H2,2H3/q+1. The number of fused-ring (bicyclic) bond motifs is 6. The van der Waals surface area contributed by atoms with Gasteiger partial charge in [-0.1, -0.05) is 91.5 Å². The van der Waals surface area contributed by atoms with Crippen molar-refractivity contribution in [2.24, 2.45) is 4.99 Å². The Morgan fingerprint density at radius 3 is 2.31 bits per heavy atom. The average Bonchev–Trinajstić information content (AvgIpc) is 3.04. The molecule has 0 aliphatic carbocycles. The summed E-state index contributed by atoms with van der Waals surface area (Å²) in [5.41, 5.74) is 13.9. The van der Waals surface area contributed by atoms with E-state index < -0.39 is 0 Å². The zero-order valence-electron chi connectivity index (χ0n) is 24.0. The first-order valence-electron chi connectivity index (χ1n) is 14.7. The van der Waals surface area contributed by atoms with Crippen LogP contribution in [0.1, 0.15) is 41.0 Å². The smallest absolute Gasteiger partial charge is 0.218 e. The number of pyridine rings is 2. The highest BCUT2D eigenvalue weighted by Gasteiger charge is 2.35. The molecule has 3 nitrogen and oxygen atoms in total. The van der Waals surface area contributed by atoms with Crippen molar-refractivity contribution in [3.63, 3.8) is 0 Å². The lowest BCUT2D eigenvalue weighted by Crippen LogP contribution is -2.38. The molecule has 5 aromatic rings. The van der Waals surface area contributed by atoms with Gasteiger partial charge in [0.2, 0.25) is 5.69 Å². The number of hydrogen-bond acceptors (Lipinski definition) is 2. The summed E-state index contributed by atoms with van der Waals surface area (Å²) in [6, 6.07) is 34.5. The predicted octanol–water partition coefficient (Wildman–Crippen LogP) is 8.63. The normalized spacial score (nSPS) is 17.6. The van der Waals surface area contributed by atoms with E-state index in [-0.39, 0.29) is 12.0 Å². The van der Waals surface area contributed by atoms with Gasteiger partial charge < -0.3 is 0 Å². The molecule has 0 bridgehead atoms. The quantitative estimate of drug-likeness (QED) is 0.209. The maximum Gasteiger partial charge on any atom is 0.218 e. The van der Waals surface area contributed by atoms with Crippen LogP contribution in [-0.2, 0) is 6.42 Å². The molecule has 2 unspecified atom stereocenters. The lowest BCUT2D eigenvalue weighted by Gasteiger charge is -2.32. The minimum Gasteiger partial charge on any atom is -0.280 e. The zero-order chi connectivity index (χ0) is 28.6. The molecule has 0 fully saturated rings. The van der Waals surface area contributed by atoms with E-state index in [4.69, 9.17) is 16.6 Å². The molecule has 0 spiro atoms. The summed E-state index contributed by atoms with van der Waals surface area (Å²) in [5, 5.41) is 0. The fourth-order valence-corrected chi connectivity index (χ4v) is 6.68. The van der Waals surface area contributed by atoms with Crippen LogP contribution in [0, 0.1) is 6.92 Å². The van der Waals surface area contributed by atoms with E-state index in [9.17, 15) is 0 Å². The Bertz CT molecular complexity index is 1850. The molecule has 0 saturated carbocycles. The van der Waals surface area contributed by atoms with Crippen molar-refractivity contribution in [3.05, 3.63) is 151 Å². The second-order valence-corrected chi connectivity index (χ2v) is 11.4. The first kappa shape index (κ1) is 26.0. The van der Waals surface area contributed by atoms with Crippen molar-refractivity contribution in [2.75, 3.05) is 0 Å². The van der Waals surface area contributed by atoms with Gasteiger partial charge in [-0.2, -0.15) is 4.57 Å². The summed E-state index contributed by atoms with van der Waals surface area (Å²) in [6.07, 6.45) is 8.94. The fourth-order valence-electron chi connectivity index (χ4n) is 6.68. The van der Waals surface area contributed by atoms with Crippen LogP contribution >= 0.6 is 0 Å². The molecule has 2 aromatic heterocycles. The second-order valence-electron chi connectivity index (χ2n) is 11.4. The Morgan fingerprint density at radius 2 is 1.55 bits per heavy atom. The summed E-state index contributed by atoms with van der Waals surface area (Å²) < 4.78 is 2.31. The molecule has 3 aromatic carbocycles. The SMILES string of the molecule is C=CC1=NC2CC(=C)[n+]3cc(-c4ccccc4)c(C)cc3-c3cc(-c4ccccc4)ncc3CCC2c2ccccc21. The van der Waals surface area contributed by atoms with Gasteiger partial charge in [0.15, 0.2) is 11.9 Å². The van der Waals surface area contributed by atoms with Gasteiger partial charge in [-0.3, -0.25) is 9.98 Å². The maximum atomic E-state index is 5.28. The minimum atomic E-state index is 0.0836. The van der Waals surface area contributed by atoms with Crippen molar-refractivity contribution in [3.8, 4) is 33.6 Å². The van der Waals surface area contributed by atoms with Crippen molar-refractivity contribution >= 4 is 11.4 Å². The molecule has 42 heavy (non-hydrogen) atoms. The van der Waals surface area contributed by atoms with Crippen molar-refractivity contribution < 1.29 is 4.57 Å². The Balaban J connectivity index is 1.44. The molecule has 2 atom stereocenters. The van der Waals surface area contributed by atoms with Gasteiger partial charge in [-0.25, -0.2) is 0 Å². The van der Waals surface area contributed by atoms with Crippen molar-refractivity contribution in [2.45, 2.75) is 38.1 Å². The van der Waals surface area contributed by atoms with Crippen LogP contribution in [0.25, 0.3) is 39.3 Å². The Labute approximate surface area is 248 Å². The molecule has 4 heterocycles. The van der Waals surface area contributed by atoms with Crippen molar-refractivity contribution in [1.29, 1.82) is 0 Å². The predicted molar refractivity (Wildman–Crippen MR) is 173 cm³/mol. The first-order chi connectivity index (χ1) is 20.6. The van der Waals surface area contributed by atoms with Crippen molar-refractivity contribution in [1.82, 2.24) is 4.98 Å². The molecular weight excluding hydrogens is 510 g/mol. The van der Waals surface area contributed by atoms with E-state index in [0.717, 1.165) is 47.6 Å². The number of aliphatic imine (C=N–C) groups is 1. The van der Waals surface area contributed by atoms with Gasteiger partial charge >= 0.3 is 0 Å². The summed E-state index contributed by atoms with van der Waals surface area (Å²) >= 11 is 0.